The van der Waals surface area contributed by atoms with E-state index in [1.807, 2.05) is 18.2 Å². The van der Waals surface area contributed by atoms with Gasteiger partial charge in [0, 0.05) is 19.3 Å². The molecule has 84 valence electrons. The second-order valence-electron chi connectivity index (χ2n) is 3.89. The van der Waals surface area contributed by atoms with Gasteiger partial charge in [0.25, 0.3) is 0 Å². The summed E-state index contributed by atoms with van der Waals surface area (Å²) in [6.07, 6.45) is 1.32. The fourth-order valence-electron chi connectivity index (χ4n) is 1.91. The average molecular weight is 218 g/mol. The summed E-state index contributed by atoms with van der Waals surface area (Å²) in [7, 11) is 1.79. The molecule has 0 atom stereocenters. The lowest BCUT2D eigenvalue weighted by Crippen LogP contribution is -2.20. The Hall–Kier alpha value is -1.68. The van der Waals surface area contributed by atoms with Crippen LogP contribution in [0.3, 0.4) is 0 Å². The third-order valence-corrected chi connectivity index (χ3v) is 2.78. The normalized spacial score (nSPS) is 14.1. The Bertz CT molecular complexity index is 429. The molecule has 0 saturated carbocycles. The quantitative estimate of drug-likeness (QED) is 0.591. The lowest BCUT2D eigenvalue weighted by atomic mass is 10.1. The van der Waals surface area contributed by atoms with E-state index in [1.54, 1.807) is 11.9 Å². The highest BCUT2D eigenvalue weighted by atomic mass is 16.2. The minimum absolute atomic E-state index is 0.132. The molecule has 0 spiro atoms. The van der Waals surface area contributed by atoms with Crippen molar-refractivity contribution in [3.8, 4) is 0 Å². The number of aldehydes is 1. The number of nitrogens with zero attached hydrogens (tertiary/aromatic N) is 1. The van der Waals surface area contributed by atoms with Gasteiger partial charge in [0.2, 0.25) is 5.91 Å². The third-order valence-electron chi connectivity index (χ3n) is 2.78. The van der Waals surface area contributed by atoms with Crippen LogP contribution in [0.1, 0.15) is 11.1 Å². The molecule has 1 amide bonds. The Kier molecular flexibility index (Phi) is 3.01. The number of rotatable bonds is 4. The predicted molar refractivity (Wildman–Crippen MR) is 61.3 cm³/mol. The summed E-state index contributed by atoms with van der Waals surface area (Å²) < 4.78 is 0. The zero-order valence-corrected chi connectivity index (χ0v) is 9.19. The van der Waals surface area contributed by atoms with E-state index in [4.69, 9.17) is 0 Å². The Morgan fingerprint density at radius 3 is 3.06 bits per heavy atom. The van der Waals surface area contributed by atoms with Crippen LogP contribution in [0.2, 0.25) is 0 Å². The van der Waals surface area contributed by atoms with Gasteiger partial charge >= 0.3 is 0 Å². The van der Waals surface area contributed by atoms with Gasteiger partial charge < -0.3 is 15.0 Å². The van der Waals surface area contributed by atoms with Crippen LogP contribution in [0, 0.1) is 0 Å². The van der Waals surface area contributed by atoms with Gasteiger partial charge in [-0.1, -0.05) is 12.1 Å². The van der Waals surface area contributed by atoms with Crippen LogP contribution in [-0.2, 0) is 22.6 Å². The molecular weight excluding hydrogens is 204 g/mol. The van der Waals surface area contributed by atoms with E-state index < -0.39 is 0 Å². The molecule has 1 aliphatic rings. The van der Waals surface area contributed by atoms with E-state index in [9.17, 15) is 9.59 Å². The molecule has 4 heteroatoms. The highest BCUT2D eigenvalue weighted by Gasteiger charge is 2.23. The number of hydrogen-bond acceptors (Lipinski definition) is 3. The standard InChI is InChI=1S/C12H14N2O2/c1-14-11-3-2-9(8-13-4-5-15)6-10(11)7-12(14)16/h2-3,5-6,13H,4,7-8H2,1H3. The number of likely N-dealkylation sites (N-methyl/N-ethyl adjacent to an activating group) is 1. The molecule has 1 aliphatic heterocycles. The highest BCUT2D eigenvalue weighted by Crippen LogP contribution is 2.28. The zero-order chi connectivity index (χ0) is 11.5. The van der Waals surface area contributed by atoms with Crippen LogP contribution in [0.15, 0.2) is 18.2 Å². The first kappa shape index (κ1) is 10.8. The Morgan fingerprint density at radius 1 is 1.50 bits per heavy atom. The summed E-state index contributed by atoms with van der Waals surface area (Å²) in [5, 5.41) is 3.00. The van der Waals surface area contributed by atoms with E-state index >= 15 is 0 Å². The van der Waals surface area contributed by atoms with E-state index in [2.05, 4.69) is 5.32 Å². The van der Waals surface area contributed by atoms with E-state index in [1.165, 1.54) is 0 Å². The number of carbonyl (C=O) groups is 2. The van der Waals surface area contributed by atoms with Crippen LogP contribution in [0.5, 0.6) is 0 Å². The van der Waals surface area contributed by atoms with Gasteiger partial charge in [0.15, 0.2) is 0 Å². The van der Waals surface area contributed by atoms with Crippen molar-refractivity contribution in [2.45, 2.75) is 13.0 Å². The first-order valence-corrected chi connectivity index (χ1v) is 5.25. The molecule has 0 saturated heterocycles. The van der Waals surface area contributed by atoms with Crippen LogP contribution in [-0.4, -0.2) is 25.8 Å². The van der Waals surface area contributed by atoms with Crippen LogP contribution in [0.25, 0.3) is 0 Å². The summed E-state index contributed by atoms with van der Waals surface area (Å²) in [6, 6.07) is 5.96. The number of anilines is 1. The van der Waals surface area contributed by atoms with Gasteiger partial charge in [-0.05, 0) is 17.2 Å². The third kappa shape index (κ3) is 1.97. The van der Waals surface area contributed by atoms with Gasteiger partial charge in [0.05, 0.1) is 13.0 Å². The molecule has 0 aliphatic carbocycles. The van der Waals surface area contributed by atoms with Crippen LogP contribution in [0.4, 0.5) is 5.69 Å². The van der Waals surface area contributed by atoms with Gasteiger partial charge in [-0.2, -0.15) is 0 Å². The number of carbonyl (C=O) groups excluding carboxylic acids is 2. The zero-order valence-electron chi connectivity index (χ0n) is 9.19. The smallest absolute Gasteiger partial charge is 0.231 e. The summed E-state index contributed by atoms with van der Waals surface area (Å²) in [5.74, 6) is 0.132. The molecule has 16 heavy (non-hydrogen) atoms. The molecule has 1 heterocycles. The average Bonchev–Trinajstić information content (AvgIpc) is 2.55. The minimum Gasteiger partial charge on any atom is -0.315 e. The van der Waals surface area contributed by atoms with Gasteiger partial charge in [-0.25, -0.2) is 0 Å². The molecule has 0 bridgehead atoms. The van der Waals surface area contributed by atoms with Crippen molar-refractivity contribution >= 4 is 17.9 Å². The second-order valence-corrected chi connectivity index (χ2v) is 3.89. The molecule has 4 nitrogen and oxygen atoms in total. The van der Waals surface area contributed by atoms with Crippen LogP contribution < -0.4 is 10.2 Å². The molecule has 2 rings (SSSR count). The minimum atomic E-state index is 0.132. The predicted octanol–water partition coefficient (Wildman–Crippen LogP) is 0.494. The molecule has 0 fully saturated rings. The SMILES string of the molecule is CN1C(=O)Cc2cc(CNCC=O)ccc21. The van der Waals surface area contributed by atoms with Crippen molar-refractivity contribution in [2.24, 2.45) is 0 Å². The van der Waals surface area contributed by atoms with E-state index in [-0.39, 0.29) is 5.91 Å². The lowest BCUT2D eigenvalue weighted by molar-refractivity contribution is -0.117. The molecular formula is C12H14N2O2. The van der Waals surface area contributed by atoms with Crippen LogP contribution >= 0.6 is 0 Å². The maximum atomic E-state index is 11.5. The van der Waals surface area contributed by atoms with Crippen molar-refractivity contribution in [3.05, 3.63) is 29.3 Å². The molecule has 0 radical (unpaired) electrons. The Balaban J connectivity index is 2.12. The number of fused-ring (bicyclic) bond motifs is 1. The molecule has 0 aromatic heterocycles. The highest BCUT2D eigenvalue weighted by molar-refractivity contribution is 6.00. The number of hydrogen-bond donors (Lipinski definition) is 1. The maximum absolute atomic E-state index is 11.5. The van der Waals surface area contributed by atoms with Gasteiger partial charge in [-0.3, -0.25) is 4.79 Å². The van der Waals surface area contributed by atoms with Gasteiger partial charge in [0.1, 0.15) is 6.29 Å². The van der Waals surface area contributed by atoms with Gasteiger partial charge in [-0.15, -0.1) is 0 Å². The van der Waals surface area contributed by atoms with Crippen molar-refractivity contribution in [1.82, 2.24) is 5.32 Å². The summed E-state index contributed by atoms with van der Waals surface area (Å²) in [4.78, 5) is 23.3. The number of benzene rings is 1. The Morgan fingerprint density at radius 2 is 2.31 bits per heavy atom. The summed E-state index contributed by atoms with van der Waals surface area (Å²) in [5.41, 5.74) is 3.16. The molecule has 1 aromatic rings. The Labute approximate surface area is 94.2 Å². The first-order valence-electron chi connectivity index (χ1n) is 5.25. The monoisotopic (exact) mass is 218 g/mol. The fraction of sp³-hybridized carbons (Fsp3) is 0.333. The van der Waals surface area contributed by atoms with E-state index in [0.717, 1.165) is 23.1 Å². The lowest BCUT2D eigenvalue weighted by Gasteiger charge is -2.10. The van der Waals surface area contributed by atoms with E-state index in [0.29, 0.717) is 19.5 Å². The largest absolute Gasteiger partial charge is 0.315 e. The molecule has 1 aromatic carbocycles. The van der Waals surface area contributed by atoms with Crippen molar-refractivity contribution < 1.29 is 9.59 Å². The number of nitrogens with one attached hydrogen (secondary N) is 1. The summed E-state index contributed by atoms with van der Waals surface area (Å²) in [6.45, 7) is 1.01. The topological polar surface area (TPSA) is 49.4 Å². The number of amides is 1. The fourth-order valence-corrected chi connectivity index (χ4v) is 1.91. The van der Waals surface area contributed by atoms with Crippen molar-refractivity contribution in [1.29, 1.82) is 0 Å². The second kappa shape index (κ2) is 4.45. The molecule has 1 N–H and O–H groups in total. The van der Waals surface area contributed by atoms with Crippen molar-refractivity contribution in [3.63, 3.8) is 0 Å². The molecule has 0 unspecified atom stereocenters. The summed E-state index contributed by atoms with van der Waals surface area (Å²) >= 11 is 0. The van der Waals surface area contributed by atoms with Crippen molar-refractivity contribution in [2.75, 3.05) is 18.5 Å². The first-order chi connectivity index (χ1) is 7.72. The maximum Gasteiger partial charge on any atom is 0.231 e.